The van der Waals surface area contributed by atoms with Crippen molar-refractivity contribution in [3.8, 4) is 11.1 Å². The van der Waals surface area contributed by atoms with E-state index in [1.165, 1.54) is 0 Å². The molecule has 0 bridgehead atoms. The fourth-order valence-corrected chi connectivity index (χ4v) is 5.50. The molecule has 3 atom stereocenters. The summed E-state index contributed by atoms with van der Waals surface area (Å²) in [6, 6.07) is 1.96. The average Bonchev–Trinajstić information content (AvgIpc) is 3.35. The Balaban J connectivity index is 1.71. The lowest BCUT2D eigenvalue weighted by Crippen LogP contribution is -2.57. The van der Waals surface area contributed by atoms with Gasteiger partial charge in [-0.15, -0.1) is 0 Å². The van der Waals surface area contributed by atoms with Crippen molar-refractivity contribution >= 4 is 12.0 Å². The number of carbonyl (C=O) groups excluding carboxylic acids is 1. The van der Waals surface area contributed by atoms with E-state index in [1.54, 1.807) is 35.2 Å². The second-order valence-electron chi connectivity index (χ2n) is 11.8. The number of amides is 1. The predicted molar refractivity (Wildman–Crippen MR) is 151 cm³/mol. The fourth-order valence-electron chi connectivity index (χ4n) is 5.50. The number of rotatable bonds is 7. The third-order valence-electron chi connectivity index (χ3n) is 7.43. The van der Waals surface area contributed by atoms with Gasteiger partial charge in [-0.3, -0.25) is 4.68 Å². The van der Waals surface area contributed by atoms with Gasteiger partial charge in [0.25, 0.3) is 0 Å². The number of piperidine rings is 1. The van der Waals surface area contributed by atoms with Crippen LogP contribution in [0.5, 0.6) is 0 Å². The first-order chi connectivity index (χ1) is 19.7. The van der Waals surface area contributed by atoms with Gasteiger partial charge in [0.15, 0.2) is 0 Å². The van der Waals surface area contributed by atoms with Gasteiger partial charge in [0.1, 0.15) is 11.4 Å². The molecule has 0 spiro atoms. The lowest BCUT2D eigenvalue weighted by Gasteiger charge is -2.48. The van der Waals surface area contributed by atoms with Crippen molar-refractivity contribution in [2.24, 2.45) is 7.05 Å². The second kappa shape index (κ2) is 12.3. The molecule has 228 valence electrons. The van der Waals surface area contributed by atoms with Gasteiger partial charge in [-0.1, -0.05) is 13.8 Å². The maximum Gasteiger partial charge on any atom is 0.416 e. The van der Waals surface area contributed by atoms with Crippen molar-refractivity contribution < 1.29 is 27.1 Å². The summed E-state index contributed by atoms with van der Waals surface area (Å²) in [5, 5.41) is 4.18. The van der Waals surface area contributed by atoms with Crippen LogP contribution in [0.1, 0.15) is 71.4 Å². The van der Waals surface area contributed by atoms with Crippen LogP contribution in [0, 0.1) is 5.82 Å². The third kappa shape index (κ3) is 7.38. The molecule has 3 heterocycles. The first kappa shape index (κ1) is 31.2. The Morgan fingerprint density at radius 1 is 1.00 bits per heavy atom. The molecule has 1 saturated heterocycles. The van der Waals surface area contributed by atoms with Crippen LogP contribution in [0.15, 0.2) is 43.0 Å². The summed E-state index contributed by atoms with van der Waals surface area (Å²) in [7, 11) is 1.80. The molecular formula is C30H38F4N6O2. The zero-order valence-corrected chi connectivity index (χ0v) is 24.8. The molecule has 2 aromatic heterocycles. The quantitative estimate of drug-likeness (QED) is 0.276. The van der Waals surface area contributed by atoms with E-state index in [4.69, 9.17) is 4.74 Å². The number of likely N-dealkylation sites (tertiary alicyclic amines) is 1. The SMILES string of the molecule is CC[C@@H]1CC(N(Cc2cc(F)cc(C(F)(F)F)c2)c2ncc(-c3cnn(C)c3)cn2)C[C@H](CC)N1C(=O)OC(C)(C)C. The van der Waals surface area contributed by atoms with E-state index in [1.807, 2.05) is 45.7 Å². The number of benzene rings is 1. The van der Waals surface area contributed by atoms with Gasteiger partial charge >= 0.3 is 12.3 Å². The van der Waals surface area contributed by atoms with Gasteiger partial charge in [-0.25, -0.2) is 19.2 Å². The molecule has 8 nitrogen and oxygen atoms in total. The van der Waals surface area contributed by atoms with Crippen LogP contribution >= 0.6 is 0 Å². The number of hydrogen-bond donors (Lipinski definition) is 0. The summed E-state index contributed by atoms with van der Waals surface area (Å²) < 4.78 is 62.4. The Morgan fingerprint density at radius 2 is 1.62 bits per heavy atom. The minimum absolute atomic E-state index is 0.0446. The van der Waals surface area contributed by atoms with Crippen LogP contribution in [0.2, 0.25) is 0 Å². The Kier molecular flexibility index (Phi) is 9.12. The minimum Gasteiger partial charge on any atom is -0.444 e. The van der Waals surface area contributed by atoms with Gasteiger partial charge in [-0.05, 0) is 70.2 Å². The molecule has 4 rings (SSSR count). The molecule has 1 aliphatic rings. The van der Waals surface area contributed by atoms with Crippen molar-refractivity contribution in [1.29, 1.82) is 0 Å². The Morgan fingerprint density at radius 3 is 2.12 bits per heavy atom. The zero-order valence-electron chi connectivity index (χ0n) is 24.8. The Hall–Kier alpha value is -3.70. The summed E-state index contributed by atoms with van der Waals surface area (Å²) in [5.74, 6) is -0.661. The Bertz CT molecular complexity index is 1360. The zero-order chi connectivity index (χ0) is 30.8. The smallest absolute Gasteiger partial charge is 0.416 e. The molecule has 1 aromatic carbocycles. The summed E-state index contributed by atoms with van der Waals surface area (Å²) in [6.45, 7) is 9.40. The number of ether oxygens (including phenoxy) is 1. The number of anilines is 1. The van der Waals surface area contributed by atoms with E-state index in [9.17, 15) is 22.4 Å². The number of hydrogen-bond acceptors (Lipinski definition) is 6. The lowest BCUT2D eigenvalue weighted by molar-refractivity contribution is -0.137. The van der Waals surface area contributed by atoms with Gasteiger partial charge < -0.3 is 14.5 Å². The maximum absolute atomic E-state index is 14.4. The van der Waals surface area contributed by atoms with Crippen molar-refractivity contribution in [2.75, 3.05) is 4.90 Å². The molecule has 3 aromatic rings. The minimum atomic E-state index is -4.69. The highest BCUT2D eigenvalue weighted by atomic mass is 19.4. The predicted octanol–water partition coefficient (Wildman–Crippen LogP) is 7.00. The highest BCUT2D eigenvalue weighted by molar-refractivity contribution is 5.69. The van der Waals surface area contributed by atoms with Crippen molar-refractivity contribution in [2.45, 2.75) is 96.7 Å². The second-order valence-corrected chi connectivity index (χ2v) is 11.8. The van der Waals surface area contributed by atoms with E-state index < -0.39 is 23.2 Å². The van der Waals surface area contributed by atoms with Crippen LogP contribution in [-0.4, -0.2) is 54.5 Å². The van der Waals surface area contributed by atoms with Gasteiger partial charge in [0, 0.05) is 61.4 Å². The molecule has 0 saturated carbocycles. The molecular weight excluding hydrogens is 552 g/mol. The van der Waals surface area contributed by atoms with Gasteiger partial charge in [0.05, 0.1) is 11.8 Å². The summed E-state index contributed by atoms with van der Waals surface area (Å²) in [6.07, 6.45) is 4.05. The summed E-state index contributed by atoms with van der Waals surface area (Å²) in [5.41, 5.74) is -0.0118. The first-order valence-electron chi connectivity index (χ1n) is 14.1. The molecule has 1 aliphatic heterocycles. The number of alkyl halides is 3. The number of nitrogens with zero attached hydrogens (tertiary/aromatic N) is 6. The highest BCUT2D eigenvalue weighted by Crippen LogP contribution is 2.35. The molecule has 0 aliphatic carbocycles. The Labute approximate surface area is 243 Å². The number of halogens is 4. The third-order valence-corrected chi connectivity index (χ3v) is 7.43. The highest BCUT2D eigenvalue weighted by Gasteiger charge is 2.41. The summed E-state index contributed by atoms with van der Waals surface area (Å²) >= 11 is 0. The van der Waals surface area contributed by atoms with E-state index in [-0.39, 0.29) is 36.3 Å². The van der Waals surface area contributed by atoms with Crippen LogP contribution in [0.4, 0.5) is 28.3 Å². The van der Waals surface area contributed by atoms with Crippen LogP contribution < -0.4 is 4.90 Å². The van der Waals surface area contributed by atoms with Crippen LogP contribution in [-0.2, 0) is 24.5 Å². The molecule has 0 N–H and O–H groups in total. The van der Waals surface area contributed by atoms with E-state index in [0.29, 0.717) is 37.7 Å². The molecule has 1 fully saturated rings. The molecule has 1 unspecified atom stereocenters. The van der Waals surface area contributed by atoms with E-state index in [2.05, 4.69) is 15.1 Å². The number of aryl methyl sites for hydroxylation is 1. The van der Waals surface area contributed by atoms with E-state index >= 15 is 0 Å². The van der Waals surface area contributed by atoms with Gasteiger partial charge in [0.2, 0.25) is 5.95 Å². The number of aromatic nitrogens is 4. The maximum atomic E-state index is 14.4. The fraction of sp³-hybridized carbons (Fsp3) is 0.533. The van der Waals surface area contributed by atoms with Crippen LogP contribution in [0.25, 0.3) is 11.1 Å². The lowest BCUT2D eigenvalue weighted by atomic mass is 9.87. The summed E-state index contributed by atoms with van der Waals surface area (Å²) in [4.78, 5) is 26.1. The molecule has 12 heteroatoms. The van der Waals surface area contributed by atoms with E-state index in [0.717, 1.165) is 23.3 Å². The van der Waals surface area contributed by atoms with Crippen LogP contribution in [0.3, 0.4) is 0 Å². The van der Waals surface area contributed by atoms with Crippen molar-refractivity contribution in [1.82, 2.24) is 24.6 Å². The molecule has 1 amide bonds. The monoisotopic (exact) mass is 590 g/mol. The molecule has 42 heavy (non-hydrogen) atoms. The normalized spacial score (nSPS) is 19.6. The molecule has 0 radical (unpaired) electrons. The standard InChI is InChI=1S/C30H38F4N6O2/c1-7-24-12-26(13-25(8-2)40(24)28(41)42-29(3,4)5)39(17-19-9-22(30(32,33)34)11-23(31)10-19)27-35-14-20(15-36-27)21-16-37-38(6)18-21/h9-11,14-16,18,24-26H,7-8,12-13,17H2,1-6H3/t24-,25+,26?. The van der Waals surface area contributed by atoms with Gasteiger partial charge in [-0.2, -0.15) is 18.3 Å². The average molecular weight is 591 g/mol. The first-order valence-corrected chi connectivity index (χ1v) is 14.1. The van der Waals surface area contributed by atoms with Crippen molar-refractivity contribution in [3.63, 3.8) is 0 Å². The van der Waals surface area contributed by atoms with Crippen molar-refractivity contribution in [3.05, 3.63) is 59.9 Å². The number of carbonyl (C=O) groups is 1. The largest absolute Gasteiger partial charge is 0.444 e. The topological polar surface area (TPSA) is 76.4 Å².